The van der Waals surface area contributed by atoms with Gasteiger partial charge in [-0.15, -0.1) is 0 Å². The Labute approximate surface area is 94.7 Å². The molecule has 2 N–H and O–H groups in total. The van der Waals surface area contributed by atoms with Crippen molar-refractivity contribution in [3.8, 4) is 0 Å². The van der Waals surface area contributed by atoms with Crippen LogP contribution in [0.4, 0.5) is 10.2 Å². The molecule has 1 saturated carbocycles. The summed E-state index contributed by atoms with van der Waals surface area (Å²) in [6.07, 6.45) is 3.08. The molecule has 0 aliphatic heterocycles. The van der Waals surface area contributed by atoms with Gasteiger partial charge >= 0.3 is 0 Å². The van der Waals surface area contributed by atoms with Crippen molar-refractivity contribution in [1.29, 1.82) is 0 Å². The average Bonchev–Trinajstić information content (AvgIpc) is 2.61. The van der Waals surface area contributed by atoms with Gasteiger partial charge in [-0.25, -0.2) is 4.98 Å². The van der Waals surface area contributed by atoms with Crippen LogP contribution in [0, 0.1) is 11.4 Å². The Morgan fingerprint density at radius 3 is 3.12 bits per heavy atom. The molecular formula is C12H17FN2O. The van der Waals surface area contributed by atoms with Crippen molar-refractivity contribution in [2.24, 2.45) is 5.41 Å². The van der Waals surface area contributed by atoms with E-state index in [1.54, 1.807) is 12.1 Å². The molecule has 0 spiro atoms. The standard InChI is InChI=1S/C12H17FN2O/c1-12(8-16)7-3-4-9(12)14-11-6-2-5-10(13)15-11/h2,5-6,9,16H,3-4,7-8H2,1H3,(H,14,15). The molecule has 1 fully saturated rings. The lowest BCUT2D eigenvalue weighted by atomic mass is 9.86. The second-order valence-corrected chi connectivity index (χ2v) is 4.75. The number of pyridine rings is 1. The summed E-state index contributed by atoms with van der Waals surface area (Å²) in [5.74, 6) is 0.0697. The number of aliphatic hydroxyl groups excluding tert-OH is 1. The summed E-state index contributed by atoms with van der Waals surface area (Å²) in [7, 11) is 0. The SMILES string of the molecule is CC1(CO)CCCC1Nc1cccc(F)n1. The molecule has 0 radical (unpaired) electrons. The van der Waals surface area contributed by atoms with Crippen molar-refractivity contribution in [1.82, 2.24) is 4.98 Å². The molecule has 88 valence electrons. The first-order chi connectivity index (χ1) is 7.64. The van der Waals surface area contributed by atoms with E-state index in [4.69, 9.17) is 0 Å². The van der Waals surface area contributed by atoms with Gasteiger partial charge in [0.2, 0.25) is 5.95 Å². The zero-order chi connectivity index (χ0) is 11.6. The Hall–Kier alpha value is -1.16. The Bertz CT molecular complexity index is 372. The van der Waals surface area contributed by atoms with Crippen LogP contribution in [-0.4, -0.2) is 22.7 Å². The van der Waals surface area contributed by atoms with E-state index in [-0.39, 0.29) is 18.1 Å². The number of aromatic nitrogens is 1. The first-order valence-electron chi connectivity index (χ1n) is 5.64. The van der Waals surface area contributed by atoms with E-state index in [9.17, 15) is 9.50 Å². The molecule has 1 aliphatic rings. The van der Waals surface area contributed by atoms with Gasteiger partial charge in [0, 0.05) is 11.5 Å². The maximum atomic E-state index is 12.9. The Balaban J connectivity index is 2.10. The zero-order valence-electron chi connectivity index (χ0n) is 9.41. The number of nitrogens with zero attached hydrogens (tertiary/aromatic N) is 1. The smallest absolute Gasteiger partial charge is 0.214 e. The normalized spacial score (nSPS) is 29.3. The summed E-state index contributed by atoms with van der Waals surface area (Å²) >= 11 is 0. The number of rotatable bonds is 3. The Morgan fingerprint density at radius 1 is 1.62 bits per heavy atom. The molecule has 0 saturated heterocycles. The monoisotopic (exact) mass is 224 g/mol. The van der Waals surface area contributed by atoms with Crippen LogP contribution in [0.15, 0.2) is 18.2 Å². The molecule has 1 heterocycles. The molecule has 1 aromatic heterocycles. The second kappa shape index (κ2) is 4.37. The third-order valence-electron chi connectivity index (χ3n) is 3.48. The van der Waals surface area contributed by atoms with Crippen molar-refractivity contribution < 1.29 is 9.50 Å². The Morgan fingerprint density at radius 2 is 2.44 bits per heavy atom. The maximum absolute atomic E-state index is 12.9. The third kappa shape index (κ3) is 2.16. The molecule has 3 nitrogen and oxygen atoms in total. The highest BCUT2D eigenvalue weighted by molar-refractivity contribution is 5.36. The average molecular weight is 224 g/mol. The van der Waals surface area contributed by atoms with Crippen LogP contribution in [0.2, 0.25) is 0 Å². The minimum atomic E-state index is -0.478. The molecule has 2 atom stereocenters. The largest absolute Gasteiger partial charge is 0.396 e. The number of hydrogen-bond acceptors (Lipinski definition) is 3. The zero-order valence-corrected chi connectivity index (χ0v) is 9.41. The van der Waals surface area contributed by atoms with E-state index < -0.39 is 5.95 Å². The summed E-state index contributed by atoms with van der Waals surface area (Å²) in [5.41, 5.74) is -0.117. The Kier molecular flexibility index (Phi) is 3.10. The van der Waals surface area contributed by atoms with E-state index in [2.05, 4.69) is 17.2 Å². The van der Waals surface area contributed by atoms with Gasteiger partial charge in [-0.2, -0.15) is 4.39 Å². The van der Waals surface area contributed by atoms with Crippen molar-refractivity contribution in [3.63, 3.8) is 0 Å². The summed E-state index contributed by atoms with van der Waals surface area (Å²) in [4.78, 5) is 3.78. The van der Waals surface area contributed by atoms with Crippen LogP contribution >= 0.6 is 0 Å². The first kappa shape index (κ1) is 11.3. The topological polar surface area (TPSA) is 45.1 Å². The molecule has 0 aromatic carbocycles. The lowest BCUT2D eigenvalue weighted by Gasteiger charge is -2.30. The van der Waals surface area contributed by atoms with Crippen molar-refractivity contribution in [2.75, 3.05) is 11.9 Å². The van der Waals surface area contributed by atoms with Crippen LogP contribution < -0.4 is 5.32 Å². The predicted octanol–water partition coefficient (Wildman–Crippen LogP) is 2.18. The van der Waals surface area contributed by atoms with E-state index in [1.807, 2.05) is 0 Å². The highest BCUT2D eigenvalue weighted by Gasteiger charge is 2.38. The number of hydrogen-bond donors (Lipinski definition) is 2. The fourth-order valence-corrected chi connectivity index (χ4v) is 2.34. The van der Waals surface area contributed by atoms with Crippen LogP contribution in [0.5, 0.6) is 0 Å². The highest BCUT2D eigenvalue weighted by Crippen LogP contribution is 2.38. The van der Waals surface area contributed by atoms with E-state index >= 15 is 0 Å². The van der Waals surface area contributed by atoms with Crippen LogP contribution in [0.1, 0.15) is 26.2 Å². The fraction of sp³-hybridized carbons (Fsp3) is 0.583. The molecule has 1 aromatic rings. The fourth-order valence-electron chi connectivity index (χ4n) is 2.34. The lowest BCUT2D eigenvalue weighted by molar-refractivity contribution is 0.139. The van der Waals surface area contributed by atoms with Gasteiger partial charge in [-0.3, -0.25) is 0 Å². The predicted molar refractivity (Wildman–Crippen MR) is 60.6 cm³/mol. The van der Waals surface area contributed by atoms with E-state index in [0.717, 1.165) is 19.3 Å². The summed E-state index contributed by atoms with van der Waals surface area (Å²) in [6.45, 7) is 2.21. The quantitative estimate of drug-likeness (QED) is 0.773. The number of anilines is 1. The summed E-state index contributed by atoms with van der Waals surface area (Å²) in [6, 6.07) is 4.88. The maximum Gasteiger partial charge on any atom is 0.214 e. The van der Waals surface area contributed by atoms with Crippen LogP contribution in [0.25, 0.3) is 0 Å². The molecule has 16 heavy (non-hydrogen) atoms. The van der Waals surface area contributed by atoms with Crippen LogP contribution in [0.3, 0.4) is 0 Å². The van der Waals surface area contributed by atoms with Gasteiger partial charge < -0.3 is 10.4 Å². The van der Waals surface area contributed by atoms with Crippen molar-refractivity contribution >= 4 is 5.82 Å². The van der Waals surface area contributed by atoms with Crippen LogP contribution in [-0.2, 0) is 0 Å². The second-order valence-electron chi connectivity index (χ2n) is 4.75. The summed E-state index contributed by atoms with van der Waals surface area (Å²) in [5, 5.41) is 12.6. The van der Waals surface area contributed by atoms with Gasteiger partial charge in [-0.1, -0.05) is 19.4 Å². The molecule has 2 unspecified atom stereocenters. The number of nitrogens with one attached hydrogen (secondary N) is 1. The minimum Gasteiger partial charge on any atom is -0.396 e. The highest BCUT2D eigenvalue weighted by atomic mass is 19.1. The molecule has 1 aliphatic carbocycles. The van der Waals surface area contributed by atoms with Crippen molar-refractivity contribution in [3.05, 3.63) is 24.1 Å². The van der Waals surface area contributed by atoms with Gasteiger partial charge in [-0.05, 0) is 25.0 Å². The van der Waals surface area contributed by atoms with Gasteiger partial charge in [0.1, 0.15) is 5.82 Å². The molecular weight excluding hydrogens is 207 g/mol. The molecule has 0 amide bonds. The van der Waals surface area contributed by atoms with Gasteiger partial charge in [0.15, 0.2) is 0 Å². The first-order valence-corrected chi connectivity index (χ1v) is 5.64. The van der Waals surface area contributed by atoms with Gasteiger partial charge in [0.05, 0.1) is 6.61 Å². The molecule has 4 heteroatoms. The van der Waals surface area contributed by atoms with Crippen molar-refractivity contribution in [2.45, 2.75) is 32.2 Å². The number of aliphatic hydroxyl groups is 1. The van der Waals surface area contributed by atoms with E-state index in [0.29, 0.717) is 5.82 Å². The summed E-state index contributed by atoms with van der Waals surface area (Å²) < 4.78 is 12.9. The lowest BCUT2D eigenvalue weighted by Crippen LogP contribution is -2.36. The molecule has 2 rings (SSSR count). The molecule has 0 bridgehead atoms. The third-order valence-corrected chi connectivity index (χ3v) is 3.48. The van der Waals surface area contributed by atoms with Gasteiger partial charge in [0.25, 0.3) is 0 Å². The van der Waals surface area contributed by atoms with E-state index in [1.165, 1.54) is 6.07 Å². The number of halogens is 1. The minimum absolute atomic E-state index is 0.117.